The molecule has 3 heteroatoms. The zero-order valence-corrected chi connectivity index (χ0v) is 10.7. The second-order valence-electron chi connectivity index (χ2n) is 5.32. The number of rotatable bonds is 5. The minimum atomic E-state index is 0.455. The molecule has 1 N–H and O–H groups in total. The van der Waals surface area contributed by atoms with Crippen molar-refractivity contribution in [2.75, 3.05) is 26.2 Å². The molecule has 0 aromatic rings. The van der Waals surface area contributed by atoms with Crippen molar-refractivity contribution in [3.63, 3.8) is 0 Å². The first-order valence-electron chi connectivity index (χ1n) is 6.86. The summed E-state index contributed by atoms with van der Waals surface area (Å²) < 4.78 is 5.68. The van der Waals surface area contributed by atoms with E-state index in [0.29, 0.717) is 12.1 Å². The Bertz CT molecular complexity index is 204. The van der Waals surface area contributed by atoms with Crippen LogP contribution >= 0.6 is 0 Å². The third-order valence-corrected chi connectivity index (χ3v) is 4.08. The molecule has 2 heterocycles. The lowest BCUT2D eigenvalue weighted by molar-refractivity contribution is 0.0825. The van der Waals surface area contributed by atoms with Gasteiger partial charge < -0.3 is 10.1 Å². The zero-order valence-electron chi connectivity index (χ0n) is 10.7. The van der Waals surface area contributed by atoms with Crippen LogP contribution in [0, 0.1) is 0 Å². The molecule has 0 amide bonds. The Kier molecular flexibility index (Phi) is 4.62. The van der Waals surface area contributed by atoms with Crippen LogP contribution in [0.2, 0.25) is 0 Å². The fraction of sp³-hybridized carbons (Fsp3) is 1.00. The van der Waals surface area contributed by atoms with E-state index in [9.17, 15) is 0 Å². The first-order valence-corrected chi connectivity index (χ1v) is 6.86. The normalized spacial score (nSPS) is 33.4. The summed E-state index contributed by atoms with van der Waals surface area (Å²) in [5.74, 6) is 0. The summed E-state index contributed by atoms with van der Waals surface area (Å²) in [6, 6.07) is 1.31. The van der Waals surface area contributed by atoms with Crippen molar-refractivity contribution in [2.45, 2.75) is 57.7 Å². The average Bonchev–Trinajstić information content (AvgIpc) is 2.90. The molecule has 2 rings (SSSR count). The van der Waals surface area contributed by atoms with Gasteiger partial charge in [0.1, 0.15) is 0 Å². The molecule has 0 spiro atoms. The van der Waals surface area contributed by atoms with Gasteiger partial charge in [0.05, 0.1) is 6.10 Å². The molecule has 2 aliphatic rings. The number of hydrogen-bond donors (Lipinski definition) is 1. The van der Waals surface area contributed by atoms with E-state index in [4.69, 9.17) is 4.74 Å². The van der Waals surface area contributed by atoms with Gasteiger partial charge in [-0.1, -0.05) is 0 Å². The highest BCUT2D eigenvalue weighted by atomic mass is 16.5. The summed E-state index contributed by atoms with van der Waals surface area (Å²) in [5.41, 5.74) is 0. The van der Waals surface area contributed by atoms with Gasteiger partial charge in [-0.05, 0) is 46.1 Å². The van der Waals surface area contributed by atoms with Crippen molar-refractivity contribution in [1.29, 1.82) is 0 Å². The van der Waals surface area contributed by atoms with E-state index in [2.05, 4.69) is 24.1 Å². The molecule has 94 valence electrons. The Morgan fingerprint density at radius 3 is 2.88 bits per heavy atom. The van der Waals surface area contributed by atoms with Crippen LogP contribution in [-0.4, -0.2) is 49.3 Å². The highest BCUT2D eigenvalue weighted by molar-refractivity contribution is 4.79. The lowest BCUT2D eigenvalue weighted by atomic mass is 10.1. The Labute approximate surface area is 99.5 Å². The molecular formula is C13H26N2O. The van der Waals surface area contributed by atoms with E-state index in [1.165, 1.54) is 38.8 Å². The standard InChI is InChI=1S/C13H26N2O/c1-11-5-3-8-15(11)9-7-14-12(2)13-6-4-10-16-13/h11-14H,3-10H2,1-2H3. The Morgan fingerprint density at radius 1 is 1.38 bits per heavy atom. The average molecular weight is 226 g/mol. The fourth-order valence-corrected chi connectivity index (χ4v) is 2.89. The summed E-state index contributed by atoms with van der Waals surface area (Å²) in [7, 11) is 0. The summed E-state index contributed by atoms with van der Waals surface area (Å²) in [6.45, 7) is 9.14. The topological polar surface area (TPSA) is 24.5 Å². The van der Waals surface area contributed by atoms with Crippen molar-refractivity contribution in [3.8, 4) is 0 Å². The highest BCUT2D eigenvalue weighted by Gasteiger charge is 2.23. The summed E-state index contributed by atoms with van der Waals surface area (Å²) in [5, 5.41) is 3.61. The van der Waals surface area contributed by atoms with Gasteiger partial charge in [-0.15, -0.1) is 0 Å². The largest absolute Gasteiger partial charge is 0.377 e. The van der Waals surface area contributed by atoms with Crippen LogP contribution in [0.4, 0.5) is 0 Å². The monoisotopic (exact) mass is 226 g/mol. The smallest absolute Gasteiger partial charge is 0.0726 e. The maximum atomic E-state index is 5.68. The van der Waals surface area contributed by atoms with E-state index in [-0.39, 0.29) is 0 Å². The molecule has 3 nitrogen and oxygen atoms in total. The van der Waals surface area contributed by atoms with Crippen LogP contribution < -0.4 is 5.32 Å². The quantitative estimate of drug-likeness (QED) is 0.771. The van der Waals surface area contributed by atoms with Crippen LogP contribution in [-0.2, 0) is 4.74 Å². The zero-order chi connectivity index (χ0) is 11.4. The molecule has 3 atom stereocenters. The summed E-state index contributed by atoms with van der Waals surface area (Å²) >= 11 is 0. The van der Waals surface area contributed by atoms with Gasteiger partial charge in [-0.3, -0.25) is 4.90 Å². The van der Waals surface area contributed by atoms with Crippen LogP contribution in [0.1, 0.15) is 39.5 Å². The molecule has 16 heavy (non-hydrogen) atoms. The van der Waals surface area contributed by atoms with Gasteiger partial charge >= 0.3 is 0 Å². The number of nitrogens with zero attached hydrogens (tertiary/aromatic N) is 1. The predicted molar refractivity (Wildman–Crippen MR) is 66.7 cm³/mol. The Morgan fingerprint density at radius 2 is 2.25 bits per heavy atom. The molecule has 2 aliphatic heterocycles. The van der Waals surface area contributed by atoms with Gasteiger partial charge in [0.15, 0.2) is 0 Å². The number of hydrogen-bond acceptors (Lipinski definition) is 3. The summed E-state index contributed by atoms with van der Waals surface area (Å²) in [6.07, 6.45) is 5.67. The molecule has 0 aromatic carbocycles. The van der Waals surface area contributed by atoms with Crippen LogP contribution in [0.15, 0.2) is 0 Å². The number of likely N-dealkylation sites (tertiary alicyclic amines) is 1. The van der Waals surface area contributed by atoms with Crippen molar-refractivity contribution in [2.24, 2.45) is 0 Å². The van der Waals surface area contributed by atoms with E-state index in [1.807, 2.05) is 0 Å². The van der Waals surface area contributed by atoms with E-state index in [1.54, 1.807) is 0 Å². The maximum absolute atomic E-state index is 5.68. The highest BCUT2D eigenvalue weighted by Crippen LogP contribution is 2.16. The van der Waals surface area contributed by atoms with Gasteiger partial charge in [-0.25, -0.2) is 0 Å². The van der Waals surface area contributed by atoms with Crippen molar-refractivity contribution < 1.29 is 4.74 Å². The minimum absolute atomic E-state index is 0.455. The molecule has 3 unspecified atom stereocenters. The number of nitrogens with one attached hydrogen (secondary N) is 1. The van der Waals surface area contributed by atoms with E-state index in [0.717, 1.165) is 19.2 Å². The first kappa shape index (κ1) is 12.3. The van der Waals surface area contributed by atoms with Crippen LogP contribution in [0.25, 0.3) is 0 Å². The molecule has 2 saturated heterocycles. The number of ether oxygens (including phenoxy) is 1. The molecule has 2 fully saturated rings. The van der Waals surface area contributed by atoms with Gasteiger partial charge in [0.2, 0.25) is 0 Å². The third kappa shape index (κ3) is 3.19. The van der Waals surface area contributed by atoms with Crippen molar-refractivity contribution in [1.82, 2.24) is 10.2 Å². The maximum Gasteiger partial charge on any atom is 0.0726 e. The van der Waals surface area contributed by atoms with Gasteiger partial charge in [0.25, 0.3) is 0 Å². The van der Waals surface area contributed by atoms with Crippen molar-refractivity contribution in [3.05, 3.63) is 0 Å². The molecule has 0 aliphatic carbocycles. The molecule has 0 saturated carbocycles. The van der Waals surface area contributed by atoms with Crippen molar-refractivity contribution >= 4 is 0 Å². The Hall–Kier alpha value is -0.120. The SMILES string of the molecule is CC(NCCN1CCCC1C)C1CCCO1. The van der Waals surface area contributed by atoms with E-state index >= 15 is 0 Å². The molecule has 0 aromatic heterocycles. The Balaban J connectivity index is 1.59. The minimum Gasteiger partial charge on any atom is -0.377 e. The van der Waals surface area contributed by atoms with Crippen LogP contribution in [0.5, 0.6) is 0 Å². The van der Waals surface area contributed by atoms with Gasteiger partial charge in [-0.2, -0.15) is 0 Å². The molecular weight excluding hydrogens is 200 g/mol. The second kappa shape index (κ2) is 5.99. The molecule has 0 radical (unpaired) electrons. The lowest BCUT2D eigenvalue weighted by Gasteiger charge is -2.24. The fourth-order valence-electron chi connectivity index (χ4n) is 2.89. The second-order valence-corrected chi connectivity index (χ2v) is 5.32. The first-order chi connectivity index (χ1) is 7.77. The lowest BCUT2D eigenvalue weighted by Crippen LogP contribution is -2.42. The van der Waals surface area contributed by atoms with Crippen LogP contribution in [0.3, 0.4) is 0 Å². The molecule has 0 bridgehead atoms. The third-order valence-electron chi connectivity index (χ3n) is 4.08. The van der Waals surface area contributed by atoms with Gasteiger partial charge in [0, 0.05) is 31.8 Å². The predicted octanol–water partition coefficient (Wildman–Crippen LogP) is 1.63. The van der Waals surface area contributed by atoms with E-state index < -0.39 is 0 Å². The summed E-state index contributed by atoms with van der Waals surface area (Å²) in [4.78, 5) is 2.59.